The number of hydrogen-bond acceptors (Lipinski definition) is 8. The molecule has 4 aromatic heterocycles. The lowest BCUT2D eigenvalue weighted by molar-refractivity contribution is 0.0206. The number of ether oxygens (including phenoxy) is 2. The van der Waals surface area contributed by atoms with Gasteiger partial charge in [-0.25, -0.2) is 24.3 Å². The van der Waals surface area contributed by atoms with E-state index in [4.69, 9.17) is 19.4 Å². The van der Waals surface area contributed by atoms with Gasteiger partial charge in [0.25, 0.3) is 0 Å². The molecule has 0 aromatic carbocycles. The van der Waals surface area contributed by atoms with Crippen LogP contribution in [0.4, 0.5) is 10.6 Å². The van der Waals surface area contributed by atoms with Crippen LogP contribution in [-0.4, -0.2) is 67.4 Å². The molecule has 0 spiro atoms. The number of rotatable bonds is 5. The van der Waals surface area contributed by atoms with Crippen LogP contribution in [-0.2, 0) is 4.74 Å². The molecule has 1 aliphatic rings. The summed E-state index contributed by atoms with van der Waals surface area (Å²) < 4.78 is 12.7. The van der Waals surface area contributed by atoms with Gasteiger partial charge in [-0.1, -0.05) is 6.07 Å². The van der Waals surface area contributed by atoms with Gasteiger partial charge in [-0.2, -0.15) is 5.10 Å². The highest BCUT2D eigenvalue weighted by atomic mass is 16.6. The molecular formula is C27H31N7O3. The van der Waals surface area contributed by atoms with Gasteiger partial charge in [0.2, 0.25) is 5.88 Å². The number of pyridine rings is 2. The average molecular weight is 502 g/mol. The van der Waals surface area contributed by atoms with Crippen molar-refractivity contribution in [2.24, 2.45) is 0 Å². The molecule has 4 aromatic rings. The van der Waals surface area contributed by atoms with E-state index in [-0.39, 0.29) is 12.1 Å². The third-order valence-electron chi connectivity index (χ3n) is 6.06. The number of anilines is 1. The Hall–Kier alpha value is -4.21. The molecule has 5 rings (SSSR count). The molecule has 0 aliphatic carbocycles. The summed E-state index contributed by atoms with van der Waals surface area (Å²) in [7, 11) is 1.59. The van der Waals surface area contributed by atoms with Gasteiger partial charge in [0.15, 0.2) is 5.82 Å². The smallest absolute Gasteiger partial charge is 0.410 e. The Bertz CT molecular complexity index is 1410. The highest BCUT2D eigenvalue weighted by molar-refractivity contribution is 5.78. The number of carbonyl (C=O) groups excluding carboxylic acids is 1. The van der Waals surface area contributed by atoms with Crippen LogP contribution < -0.4 is 10.1 Å². The Kier molecular flexibility index (Phi) is 6.64. The molecule has 1 saturated heterocycles. The van der Waals surface area contributed by atoms with Crippen molar-refractivity contribution >= 4 is 17.4 Å². The Morgan fingerprint density at radius 1 is 1.16 bits per heavy atom. The van der Waals surface area contributed by atoms with Crippen molar-refractivity contribution in [2.75, 3.05) is 25.5 Å². The van der Waals surface area contributed by atoms with Gasteiger partial charge in [-0.3, -0.25) is 0 Å². The van der Waals surface area contributed by atoms with Crippen molar-refractivity contribution in [1.29, 1.82) is 0 Å². The summed E-state index contributed by atoms with van der Waals surface area (Å²) in [4.78, 5) is 28.4. The quantitative estimate of drug-likeness (QED) is 0.420. The topological polar surface area (TPSA) is 107 Å². The van der Waals surface area contributed by atoms with Gasteiger partial charge in [0.05, 0.1) is 30.1 Å². The van der Waals surface area contributed by atoms with Gasteiger partial charge in [0, 0.05) is 49.2 Å². The Morgan fingerprint density at radius 2 is 2.03 bits per heavy atom. The van der Waals surface area contributed by atoms with Crippen LogP contribution >= 0.6 is 0 Å². The van der Waals surface area contributed by atoms with E-state index in [0.29, 0.717) is 30.6 Å². The summed E-state index contributed by atoms with van der Waals surface area (Å²) in [6, 6.07) is 11.5. The fourth-order valence-electron chi connectivity index (χ4n) is 4.37. The fourth-order valence-corrected chi connectivity index (χ4v) is 4.37. The van der Waals surface area contributed by atoms with Crippen LogP contribution in [0.1, 0.15) is 33.6 Å². The molecule has 37 heavy (non-hydrogen) atoms. The molecule has 10 heteroatoms. The lowest BCUT2D eigenvalue weighted by Gasteiger charge is -2.34. The molecule has 1 fully saturated rings. The third kappa shape index (κ3) is 5.63. The molecule has 0 saturated carbocycles. The molecule has 192 valence electrons. The van der Waals surface area contributed by atoms with E-state index in [1.807, 2.05) is 63.4 Å². The first-order valence-corrected chi connectivity index (χ1v) is 12.4. The highest BCUT2D eigenvalue weighted by Crippen LogP contribution is 2.29. The number of methoxy groups -OCH3 is 1. The fraction of sp³-hybridized carbons (Fsp3) is 0.370. The van der Waals surface area contributed by atoms with Crippen LogP contribution in [0, 0.1) is 0 Å². The van der Waals surface area contributed by atoms with Crippen molar-refractivity contribution in [3.63, 3.8) is 0 Å². The lowest BCUT2D eigenvalue weighted by Crippen LogP contribution is -2.47. The normalized spacial score (nSPS) is 16.0. The zero-order valence-electron chi connectivity index (χ0n) is 21.5. The number of nitrogens with one attached hydrogen (secondary N) is 1. The summed E-state index contributed by atoms with van der Waals surface area (Å²) in [6.45, 7) is 6.84. The molecule has 1 amide bonds. The van der Waals surface area contributed by atoms with Gasteiger partial charge >= 0.3 is 6.09 Å². The second-order valence-electron chi connectivity index (χ2n) is 10.0. The van der Waals surface area contributed by atoms with Crippen molar-refractivity contribution in [3.05, 3.63) is 55.0 Å². The number of aromatic nitrogens is 5. The predicted octanol–water partition coefficient (Wildman–Crippen LogP) is 4.67. The molecule has 1 N–H and O–H groups in total. The minimum absolute atomic E-state index is 0.0211. The number of likely N-dealkylation sites (tertiary alicyclic amines) is 1. The van der Waals surface area contributed by atoms with Crippen LogP contribution in [0.5, 0.6) is 5.88 Å². The Balaban J connectivity index is 1.48. The van der Waals surface area contributed by atoms with Crippen molar-refractivity contribution in [2.45, 2.75) is 45.3 Å². The Labute approximate surface area is 215 Å². The standard InChI is InChI=1S/C27H31N7O3/c1-27(2,3)37-26(35)33-12-7-8-19(17-33)30-23-15-21(18-10-11-28-24(14-18)36-4)31-25(32-23)20-16-29-34-13-6-5-9-22(20)34/h5-6,9-11,13-16,19H,7-8,12,17H2,1-4H3,(H,30,31,32)/t19-/m1/s1. The predicted molar refractivity (Wildman–Crippen MR) is 140 cm³/mol. The van der Waals surface area contributed by atoms with E-state index in [9.17, 15) is 4.79 Å². The number of carbonyl (C=O) groups is 1. The molecule has 1 atom stereocenters. The van der Waals surface area contributed by atoms with E-state index in [0.717, 1.165) is 35.2 Å². The van der Waals surface area contributed by atoms with Crippen molar-refractivity contribution in [3.8, 4) is 28.5 Å². The maximum atomic E-state index is 12.7. The number of piperidine rings is 1. The van der Waals surface area contributed by atoms with Gasteiger partial charge in [-0.05, 0) is 51.8 Å². The number of fused-ring (bicyclic) bond motifs is 1. The van der Waals surface area contributed by atoms with Gasteiger partial charge in [-0.15, -0.1) is 0 Å². The third-order valence-corrected chi connectivity index (χ3v) is 6.06. The molecule has 0 bridgehead atoms. The van der Waals surface area contributed by atoms with Crippen LogP contribution in [0.3, 0.4) is 0 Å². The molecule has 0 unspecified atom stereocenters. The zero-order chi connectivity index (χ0) is 26.0. The van der Waals surface area contributed by atoms with Crippen molar-refractivity contribution in [1.82, 2.24) is 29.5 Å². The average Bonchev–Trinajstić information content (AvgIpc) is 3.32. The van der Waals surface area contributed by atoms with Crippen molar-refractivity contribution < 1.29 is 14.3 Å². The van der Waals surface area contributed by atoms with Crippen LogP contribution in [0.2, 0.25) is 0 Å². The molecule has 5 heterocycles. The Morgan fingerprint density at radius 3 is 2.84 bits per heavy atom. The molecule has 1 aliphatic heterocycles. The van der Waals surface area contributed by atoms with Gasteiger partial charge in [0.1, 0.15) is 11.4 Å². The summed E-state index contributed by atoms with van der Waals surface area (Å²) in [6.07, 6.45) is 6.85. The maximum Gasteiger partial charge on any atom is 0.410 e. The van der Waals surface area contributed by atoms with E-state index < -0.39 is 5.60 Å². The lowest BCUT2D eigenvalue weighted by atomic mass is 10.1. The summed E-state index contributed by atoms with van der Waals surface area (Å²) >= 11 is 0. The SMILES string of the molecule is COc1cc(-c2cc(N[C@@H]3CCCN(C(=O)OC(C)(C)C)C3)nc(-c3cnn4ccccc34)n2)ccn1. The first-order valence-electron chi connectivity index (χ1n) is 12.4. The van der Waals surface area contributed by atoms with E-state index >= 15 is 0 Å². The minimum atomic E-state index is -0.534. The second kappa shape index (κ2) is 10.0. The van der Waals surface area contributed by atoms with E-state index in [2.05, 4.69) is 15.4 Å². The molecule has 0 radical (unpaired) electrons. The number of nitrogens with zero attached hydrogens (tertiary/aromatic N) is 6. The highest BCUT2D eigenvalue weighted by Gasteiger charge is 2.28. The monoisotopic (exact) mass is 501 g/mol. The maximum absolute atomic E-state index is 12.7. The number of hydrogen-bond donors (Lipinski definition) is 1. The second-order valence-corrected chi connectivity index (χ2v) is 10.0. The molecule has 10 nitrogen and oxygen atoms in total. The number of amides is 1. The van der Waals surface area contributed by atoms with E-state index in [1.54, 1.807) is 28.9 Å². The van der Waals surface area contributed by atoms with Crippen LogP contribution in [0.25, 0.3) is 28.2 Å². The van der Waals surface area contributed by atoms with Crippen LogP contribution in [0.15, 0.2) is 55.0 Å². The zero-order valence-corrected chi connectivity index (χ0v) is 21.5. The largest absolute Gasteiger partial charge is 0.481 e. The first kappa shape index (κ1) is 24.5. The summed E-state index contributed by atoms with van der Waals surface area (Å²) in [5.74, 6) is 1.72. The molecular weight excluding hydrogens is 470 g/mol. The van der Waals surface area contributed by atoms with E-state index in [1.165, 1.54) is 0 Å². The minimum Gasteiger partial charge on any atom is -0.481 e. The first-order chi connectivity index (χ1) is 17.8. The summed E-state index contributed by atoms with van der Waals surface area (Å²) in [5.41, 5.74) is 2.78. The summed E-state index contributed by atoms with van der Waals surface area (Å²) in [5, 5.41) is 8.00. The van der Waals surface area contributed by atoms with Gasteiger partial charge < -0.3 is 19.7 Å².